The first-order valence-electron chi connectivity index (χ1n) is 6.78. The van der Waals surface area contributed by atoms with Gasteiger partial charge in [0.05, 0.1) is 0 Å². The van der Waals surface area contributed by atoms with Gasteiger partial charge in [-0.1, -0.05) is 19.9 Å². The van der Waals surface area contributed by atoms with Crippen molar-refractivity contribution in [2.45, 2.75) is 27.2 Å². The van der Waals surface area contributed by atoms with Crippen LogP contribution in [0.4, 0.5) is 4.39 Å². The van der Waals surface area contributed by atoms with E-state index in [1.807, 2.05) is 20.8 Å². The van der Waals surface area contributed by atoms with Gasteiger partial charge in [-0.15, -0.1) is 0 Å². The van der Waals surface area contributed by atoms with Crippen molar-refractivity contribution in [2.75, 3.05) is 19.6 Å². The Morgan fingerprint density at radius 2 is 2.16 bits per heavy atom. The SMILES string of the molecule is CCNCC(C)C(=O)NCCc1ccc(F)cc1C. The maximum Gasteiger partial charge on any atom is 0.224 e. The summed E-state index contributed by atoms with van der Waals surface area (Å²) in [5.74, 6) is -0.195. The average molecular weight is 266 g/mol. The van der Waals surface area contributed by atoms with Crippen LogP contribution in [0.25, 0.3) is 0 Å². The number of nitrogens with one attached hydrogen (secondary N) is 2. The van der Waals surface area contributed by atoms with E-state index in [-0.39, 0.29) is 17.6 Å². The van der Waals surface area contributed by atoms with Gasteiger partial charge < -0.3 is 10.6 Å². The highest BCUT2D eigenvalue weighted by Crippen LogP contribution is 2.10. The summed E-state index contributed by atoms with van der Waals surface area (Å²) in [5, 5.41) is 6.06. The zero-order valence-corrected chi connectivity index (χ0v) is 11.9. The Labute approximate surface area is 114 Å². The van der Waals surface area contributed by atoms with E-state index < -0.39 is 0 Å². The lowest BCUT2D eigenvalue weighted by atomic mass is 10.1. The van der Waals surface area contributed by atoms with Crippen molar-refractivity contribution in [2.24, 2.45) is 5.92 Å². The first-order valence-corrected chi connectivity index (χ1v) is 6.78. The fraction of sp³-hybridized carbons (Fsp3) is 0.533. The third-order valence-corrected chi connectivity index (χ3v) is 3.15. The van der Waals surface area contributed by atoms with Gasteiger partial charge in [0.2, 0.25) is 5.91 Å². The van der Waals surface area contributed by atoms with Crippen molar-refractivity contribution in [1.82, 2.24) is 10.6 Å². The molecule has 0 aromatic heterocycles. The molecular weight excluding hydrogens is 243 g/mol. The molecule has 106 valence electrons. The summed E-state index contributed by atoms with van der Waals surface area (Å²) in [6.45, 7) is 7.95. The van der Waals surface area contributed by atoms with Crippen molar-refractivity contribution in [3.05, 3.63) is 35.1 Å². The Morgan fingerprint density at radius 3 is 2.79 bits per heavy atom. The average Bonchev–Trinajstić information content (AvgIpc) is 2.38. The molecule has 1 rings (SSSR count). The number of carbonyl (C=O) groups excluding carboxylic acids is 1. The number of benzene rings is 1. The van der Waals surface area contributed by atoms with E-state index in [2.05, 4.69) is 10.6 Å². The predicted molar refractivity (Wildman–Crippen MR) is 75.6 cm³/mol. The first kappa shape index (κ1) is 15.6. The van der Waals surface area contributed by atoms with Crippen LogP contribution in [0.15, 0.2) is 18.2 Å². The zero-order chi connectivity index (χ0) is 14.3. The second kappa shape index (κ2) is 7.89. The molecule has 0 aliphatic carbocycles. The van der Waals surface area contributed by atoms with Gasteiger partial charge in [-0.05, 0) is 43.1 Å². The largest absolute Gasteiger partial charge is 0.355 e. The van der Waals surface area contributed by atoms with Crippen LogP contribution in [0.1, 0.15) is 25.0 Å². The summed E-state index contributed by atoms with van der Waals surface area (Å²) in [6, 6.07) is 4.75. The van der Waals surface area contributed by atoms with E-state index in [4.69, 9.17) is 0 Å². The minimum atomic E-state index is -0.218. The van der Waals surface area contributed by atoms with E-state index in [0.29, 0.717) is 13.1 Å². The Bertz CT molecular complexity index is 421. The molecule has 1 aromatic rings. The third-order valence-electron chi connectivity index (χ3n) is 3.15. The van der Waals surface area contributed by atoms with Crippen molar-refractivity contribution in [3.63, 3.8) is 0 Å². The molecule has 0 aliphatic rings. The highest BCUT2D eigenvalue weighted by molar-refractivity contribution is 5.78. The van der Waals surface area contributed by atoms with Crippen LogP contribution in [0, 0.1) is 18.7 Å². The summed E-state index contributed by atoms with van der Waals surface area (Å²) in [6.07, 6.45) is 0.728. The second-order valence-corrected chi connectivity index (χ2v) is 4.82. The number of aryl methyl sites for hydroxylation is 1. The van der Waals surface area contributed by atoms with E-state index in [0.717, 1.165) is 24.1 Å². The van der Waals surface area contributed by atoms with E-state index in [1.165, 1.54) is 12.1 Å². The lowest BCUT2D eigenvalue weighted by molar-refractivity contribution is -0.124. The Kier molecular flexibility index (Phi) is 6.50. The van der Waals surface area contributed by atoms with Crippen LogP contribution < -0.4 is 10.6 Å². The van der Waals surface area contributed by atoms with Crippen molar-refractivity contribution in [3.8, 4) is 0 Å². The monoisotopic (exact) mass is 266 g/mol. The lowest BCUT2D eigenvalue weighted by Crippen LogP contribution is -2.36. The van der Waals surface area contributed by atoms with Crippen LogP contribution in [0.3, 0.4) is 0 Å². The number of rotatable bonds is 7. The summed E-state index contributed by atoms with van der Waals surface area (Å²) in [4.78, 5) is 11.8. The first-order chi connectivity index (χ1) is 9.04. The third kappa shape index (κ3) is 5.39. The minimum Gasteiger partial charge on any atom is -0.355 e. The molecule has 0 aliphatic heterocycles. The molecule has 0 spiro atoms. The van der Waals surface area contributed by atoms with Gasteiger partial charge in [-0.3, -0.25) is 4.79 Å². The van der Waals surface area contributed by atoms with Crippen molar-refractivity contribution >= 4 is 5.91 Å². The number of hydrogen-bond acceptors (Lipinski definition) is 2. The Hall–Kier alpha value is -1.42. The maximum absolute atomic E-state index is 12.9. The minimum absolute atomic E-state index is 0.0331. The van der Waals surface area contributed by atoms with E-state index >= 15 is 0 Å². The van der Waals surface area contributed by atoms with Gasteiger partial charge in [0, 0.05) is 19.0 Å². The van der Waals surface area contributed by atoms with Gasteiger partial charge in [-0.25, -0.2) is 4.39 Å². The topological polar surface area (TPSA) is 41.1 Å². The molecule has 3 nitrogen and oxygen atoms in total. The Balaban J connectivity index is 2.35. The number of carbonyl (C=O) groups is 1. The van der Waals surface area contributed by atoms with Crippen molar-refractivity contribution < 1.29 is 9.18 Å². The normalized spacial score (nSPS) is 12.2. The van der Waals surface area contributed by atoms with E-state index in [9.17, 15) is 9.18 Å². The van der Waals surface area contributed by atoms with Crippen molar-refractivity contribution in [1.29, 1.82) is 0 Å². The predicted octanol–water partition coefficient (Wildman–Crippen LogP) is 2.04. The summed E-state index contributed by atoms with van der Waals surface area (Å²) in [7, 11) is 0. The summed E-state index contributed by atoms with van der Waals surface area (Å²) >= 11 is 0. The molecule has 1 atom stereocenters. The fourth-order valence-electron chi connectivity index (χ4n) is 1.89. The molecule has 1 aromatic carbocycles. The van der Waals surface area contributed by atoms with Crippen LogP contribution in [0.2, 0.25) is 0 Å². The van der Waals surface area contributed by atoms with Crippen LogP contribution in [-0.4, -0.2) is 25.5 Å². The quantitative estimate of drug-likeness (QED) is 0.793. The molecule has 0 bridgehead atoms. The van der Waals surface area contributed by atoms with Gasteiger partial charge in [-0.2, -0.15) is 0 Å². The standard InChI is InChI=1S/C15H23FN2O/c1-4-17-10-12(3)15(19)18-8-7-13-5-6-14(16)9-11(13)2/h5-6,9,12,17H,4,7-8,10H2,1-3H3,(H,18,19). The summed E-state index contributed by atoms with van der Waals surface area (Å²) < 4.78 is 12.9. The molecular formula is C15H23FN2O. The summed E-state index contributed by atoms with van der Waals surface area (Å²) in [5.41, 5.74) is 2.00. The molecule has 0 heterocycles. The van der Waals surface area contributed by atoms with Crippen LogP contribution in [-0.2, 0) is 11.2 Å². The maximum atomic E-state index is 12.9. The molecule has 0 saturated carbocycles. The smallest absolute Gasteiger partial charge is 0.224 e. The van der Waals surface area contributed by atoms with E-state index in [1.54, 1.807) is 6.07 Å². The lowest BCUT2D eigenvalue weighted by Gasteiger charge is -2.13. The molecule has 19 heavy (non-hydrogen) atoms. The highest BCUT2D eigenvalue weighted by Gasteiger charge is 2.11. The number of halogens is 1. The van der Waals surface area contributed by atoms with Crippen LogP contribution >= 0.6 is 0 Å². The molecule has 0 saturated heterocycles. The van der Waals surface area contributed by atoms with Gasteiger partial charge in [0.1, 0.15) is 5.82 Å². The Morgan fingerprint density at radius 1 is 1.42 bits per heavy atom. The number of amides is 1. The molecule has 1 unspecified atom stereocenters. The highest BCUT2D eigenvalue weighted by atomic mass is 19.1. The molecule has 4 heteroatoms. The molecule has 0 radical (unpaired) electrons. The number of hydrogen-bond donors (Lipinski definition) is 2. The molecule has 0 fully saturated rings. The van der Waals surface area contributed by atoms with Gasteiger partial charge >= 0.3 is 0 Å². The van der Waals surface area contributed by atoms with Gasteiger partial charge in [0.15, 0.2) is 0 Å². The fourth-order valence-corrected chi connectivity index (χ4v) is 1.89. The second-order valence-electron chi connectivity index (χ2n) is 4.82. The zero-order valence-electron chi connectivity index (χ0n) is 11.9. The molecule has 2 N–H and O–H groups in total. The van der Waals surface area contributed by atoms with Crippen LogP contribution in [0.5, 0.6) is 0 Å². The molecule has 1 amide bonds. The van der Waals surface area contributed by atoms with Gasteiger partial charge in [0.25, 0.3) is 0 Å².